The lowest BCUT2D eigenvalue weighted by Crippen LogP contribution is -2.50. The second-order valence-electron chi connectivity index (χ2n) is 5.31. The van der Waals surface area contributed by atoms with E-state index in [1.54, 1.807) is 24.3 Å². The maximum Gasteiger partial charge on any atom is 0.243 e. The summed E-state index contributed by atoms with van der Waals surface area (Å²) in [5, 5.41) is 5.92. The van der Waals surface area contributed by atoms with Crippen LogP contribution in [0.3, 0.4) is 0 Å². The first-order chi connectivity index (χ1) is 10.5. The lowest BCUT2D eigenvalue weighted by Gasteiger charge is -2.25. The molecule has 1 heterocycles. The highest BCUT2D eigenvalue weighted by Crippen LogP contribution is 2.16. The predicted octanol–water partition coefficient (Wildman–Crippen LogP) is 0.553. The molecule has 22 heavy (non-hydrogen) atoms. The molecule has 1 saturated heterocycles. The zero-order valence-electron chi connectivity index (χ0n) is 13.0. The second-order valence-corrected chi connectivity index (χ2v) is 7.24. The van der Waals surface area contributed by atoms with E-state index in [-0.39, 0.29) is 16.7 Å². The van der Waals surface area contributed by atoms with Gasteiger partial charge < -0.3 is 10.6 Å². The summed E-state index contributed by atoms with van der Waals surface area (Å²) in [4.78, 5) is 12.0. The van der Waals surface area contributed by atoms with Gasteiger partial charge >= 0.3 is 0 Å². The van der Waals surface area contributed by atoms with E-state index in [4.69, 9.17) is 0 Å². The number of rotatable bonds is 7. The summed E-state index contributed by atoms with van der Waals surface area (Å²) in [6.45, 7) is 6.42. The normalized spacial score (nSPS) is 15.6. The van der Waals surface area contributed by atoms with Gasteiger partial charge in [-0.1, -0.05) is 26.0 Å². The van der Waals surface area contributed by atoms with Gasteiger partial charge in [-0.3, -0.25) is 4.79 Å². The van der Waals surface area contributed by atoms with Gasteiger partial charge in [-0.25, -0.2) is 8.42 Å². The number of hydrogen-bond donors (Lipinski definition) is 2. The number of carbonyl (C=O) groups excluding carboxylic acids is 1. The van der Waals surface area contributed by atoms with Crippen molar-refractivity contribution in [3.8, 4) is 0 Å². The van der Waals surface area contributed by atoms with Gasteiger partial charge in [0.1, 0.15) is 0 Å². The molecule has 122 valence electrons. The summed E-state index contributed by atoms with van der Waals surface area (Å²) in [6, 6.07) is 6.69. The average Bonchev–Trinajstić information content (AvgIpc) is 2.45. The van der Waals surface area contributed by atoms with E-state index in [2.05, 4.69) is 10.6 Å². The molecule has 6 nitrogen and oxygen atoms in total. The van der Waals surface area contributed by atoms with E-state index < -0.39 is 10.0 Å². The molecule has 0 saturated carbocycles. The van der Waals surface area contributed by atoms with E-state index in [0.717, 1.165) is 18.7 Å². The van der Waals surface area contributed by atoms with E-state index in [1.165, 1.54) is 4.31 Å². The highest BCUT2D eigenvalue weighted by atomic mass is 32.2. The lowest BCUT2D eigenvalue weighted by atomic mass is 10.0. The van der Waals surface area contributed by atoms with Crippen molar-refractivity contribution in [1.82, 2.24) is 14.9 Å². The summed E-state index contributed by atoms with van der Waals surface area (Å²) < 4.78 is 26.1. The fourth-order valence-electron chi connectivity index (χ4n) is 2.30. The Balaban J connectivity index is 1.99. The molecule has 1 aliphatic heterocycles. The molecule has 1 amide bonds. The van der Waals surface area contributed by atoms with Crippen LogP contribution in [0.5, 0.6) is 0 Å². The fraction of sp³-hybridized carbons (Fsp3) is 0.533. The van der Waals surface area contributed by atoms with Crippen molar-refractivity contribution in [1.29, 1.82) is 0 Å². The van der Waals surface area contributed by atoms with Crippen LogP contribution < -0.4 is 10.6 Å². The van der Waals surface area contributed by atoms with Crippen LogP contribution in [-0.4, -0.2) is 44.8 Å². The molecule has 1 aromatic rings. The van der Waals surface area contributed by atoms with Gasteiger partial charge in [0.2, 0.25) is 15.9 Å². The molecule has 2 N–H and O–H groups in total. The van der Waals surface area contributed by atoms with Crippen molar-refractivity contribution >= 4 is 15.9 Å². The van der Waals surface area contributed by atoms with Gasteiger partial charge in [0, 0.05) is 32.7 Å². The van der Waals surface area contributed by atoms with Crippen molar-refractivity contribution in [3.05, 3.63) is 29.8 Å². The Morgan fingerprint density at radius 1 is 1.23 bits per heavy atom. The van der Waals surface area contributed by atoms with Crippen molar-refractivity contribution in [3.63, 3.8) is 0 Å². The molecule has 1 aromatic carbocycles. The zero-order chi connectivity index (χ0) is 16.2. The number of carbonyl (C=O) groups is 1. The van der Waals surface area contributed by atoms with E-state index >= 15 is 0 Å². The Morgan fingerprint density at radius 2 is 1.82 bits per heavy atom. The molecule has 0 unspecified atom stereocenters. The smallest absolute Gasteiger partial charge is 0.243 e. The van der Waals surface area contributed by atoms with Crippen LogP contribution in [-0.2, 0) is 21.4 Å². The van der Waals surface area contributed by atoms with Crippen molar-refractivity contribution in [2.75, 3.05) is 26.2 Å². The number of sulfonamides is 1. The van der Waals surface area contributed by atoms with Gasteiger partial charge in [-0.2, -0.15) is 4.31 Å². The molecule has 1 fully saturated rings. The Kier molecular flexibility index (Phi) is 5.55. The minimum Gasteiger partial charge on any atom is -0.352 e. The number of amides is 1. The van der Waals surface area contributed by atoms with Gasteiger partial charge in [-0.05, 0) is 17.7 Å². The van der Waals surface area contributed by atoms with E-state index in [0.29, 0.717) is 19.6 Å². The second kappa shape index (κ2) is 7.21. The Morgan fingerprint density at radius 3 is 2.27 bits per heavy atom. The van der Waals surface area contributed by atoms with Crippen LogP contribution in [0.15, 0.2) is 29.2 Å². The maximum absolute atomic E-state index is 12.4. The molecule has 1 aliphatic rings. The predicted molar refractivity (Wildman–Crippen MR) is 84.8 cm³/mol. The Labute approximate surface area is 131 Å². The molecule has 0 spiro atoms. The van der Waals surface area contributed by atoms with Crippen LogP contribution in [0.25, 0.3) is 0 Å². The fourth-order valence-corrected chi connectivity index (χ4v) is 3.76. The number of nitrogens with zero attached hydrogens (tertiary/aromatic N) is 1. The largest absolute Gasteiger partial charge is 0.352 e. The molecule has 2 rings (SSSR count). The highest BCUT2D eigenvalue weighted by molar-refractivity contribution is 7.89. The summed E-state index contributed by atoms with van der Waals surface area (Å²) >= 11 is 0. The lowest BCUT2D eigenvalue weighted by molar-refractivity contribution is -0.126. The van der Waals surface area contributed by atoms with Gasteiger partial charge in [0.05, 0.1) is 10.8 Å². The van der Waals surface area contributed by atoms with Gasteiger partial charge in [0.15, 0.2) is 0 Å². The number of benzene rings is 1. The Bertz CT molecular complexity index is 605. The van der Waals surface area contributed by atoms with E-state index in [9.17, 15) is 13.2 Å². The monoisotopic (exact) mass is 325 g/mol. The average molecular weight is 325 g/mol. The standard InChI is InChI=1S/C15H23N3O3S/c1-3-18(4-2)22(20,21)14-7-5-12(6-8-14)9-17-15(19)13-10-16-11-13/h5-8,13,16H,3-4,9-11H2,1-2H3,(H,17,19). The van der Waals surface area contributed by atoms with Crippen molar-refractivity contribution in [2.24, 2.45) is 5.92 Å². The molecule has 7 heteroatoms. The third-order valence-electron chi connectivity index (χ3n) is 3.89. The molecular formula is C15H23N3O3S. The minimum atomic E-state index is -3.42. The summed E-state index contributed by atoms with van der Waals surface area (Å²) in [5.41, 5.74) is 0.888. The van der Waals surface area contributed by atoms with Crippen molar-refractivity contribution in [2.45, 2.75) is 25.3 Å². The third-order valence-corrected chi connectivity index (χ3v) is 5.95. The summed E-state index contributed by atoms with van der Waals surface area (Å²) in [6.07, 6.45) is 0. The SMILES string of the molecule is CCN(CC)S(=O)(=O)c1ccc(CNC(=O)C2CNC2)cc1. The zero-order valence-corrected chi connectivity index (χ0v) is 13.8. The molecule has 0 radical (unpaired) electrons. The molecule has 0 aliphatic carbocycles. The first-order valence-electron chi connectivity index (χ1n) is 7.56. The van der Waals surface area contributed by atoms with Crippen molar-refractivity contribution < 1.29 is 13.2 Å². The molecular weight excluding hydrogens is 302 g/mol. The highest BCUT2D eigenvalue weighted by Gasteiger charge is 2.24. The van der Waals surface area contributed by atoms with Crippen LogP contribution in [0.4, 0.5) is 0 Å². The Hall–Kier alpha value is -1.44. The van der Waals surface area contributed by atoms with Gasteiger partial charge in [0.25, 0.3) is 0 Å². The number of hydrogen-bond acceptors (Lipinski definition) is 4. The molecule has 0 bridgehead atoms. The first kappa shape index (κ1) is 16.9. The third kappa shape index (κ3) is 3.66. The first-order valence-corrected chi connectivity index (χ1v) is 9.00. The van der Waals surface area contributed by atoms with Crippen LogP contribution in [0.2, 0.25) is 0 Å². The maximum atomic E-state index is 12.4. The van der Waals surface area contributed by atoms with E-state index in [1.807, 2.05) is 13.8 Å². The summed E-state index contributed by atoms with van der Waals surface area (Å²) in [7, 11) is -3.42. The minimum absolute atomic E-state index is 0.0404. The van der Waals surface area contributed by atoms with Crippen LogP contribution in [0.1, 0.15) is 19.4 Å². The topological polar surface area (TPSA) is 78.5 Å². The molecule has 0 atom stereocenters. The summed E-state index contributed by atoms with van der Waals surface area (Å²) in [5.74, 6) is 0.0981. The molecule has 0 aromatic heterocycles. The van der Waals surface area contributed by atoms with Crippen LogP contribution in [0, 0.1) is 5.92 Å². The quantitative estimate of drug-likeness (QED) is 0.767. The van der Waals surface area contributed by atoms with Gasteiger partial charge in [-0.15, -0.1) is 0 Å². The van der Waals surface area contributed by atoms with Crippen LogP contribution >= 0.6 is 0 Å². The number of nitrogens with one attached hydrogen (secondary N) is 2.